The zero-order chi connectivity index (χ0) is 35.5. The van der Waals surface area contributed by atoms with Crippen molar-refractivity contribution in [3.05, 3.63) is 174 Å². The van der Waals surface area contributed by atoms with Gasteiger partial charge in [-0.3, -0.25) is 9.98 Å². The quantitative estimate of drug-likeness (QED) is 0.168. The van der Waals surface area contributed by atoms with Crippen molar-refractivity contribution in [2.75, 3.05) is 0 Å². The Morgan fingerprint density at radius 3 is 2.06 bits per heavy atom. The van der Waals surface area contributed by atoms with E-state index in [1.807, 2.05) is 0 Å². The number of thioether (sulfide) groups is 1. The lowest BCUT2D eigenvalue weighted by Gasteiger charge is -2.11. The molecule has 252 valence electrons. The normalized spacial score (nSPS) is 15.0. The third-order valence-electron chi connectivity index (χ3n) is 11.4. The molecule has 0 unspecified atom stereocenters. The number of rotatable bonds is 4. The van der Waals surface area contributed by atoms with Crippen molar-refractivity contribution < 1.29 is 0 Å². The van der Waals surface area contributed by atoms with Crippen LogP contribution in [0.15, 0.2) is 178 Å². The zero-order valence-corrected chi connectivity index (χ0v) is 29.9. The number of fused-ring (bicyclic) bond motifs is 13. The largest absolute Gasteiger partial charge is 0.320 e. The summed E-state index contributed by atoms with van der Waals surface area (Å²) in [6.07, 6.45) is 0. The number of para-hydroxylation sites is 3. The number of hydrogen-bond acceptors (Lipinski definition) is 3. The van der Waals surface area contributed by atoms with Crippen molar-refractivity contribution in [1.29, 1.82) is 0 Å². The van der Waals surface area contributed by atoms with Crippen LogP contribution in [0, 0.1) is 0 Å². The average molecular weight is 707 g/mol. The lowest BCUT2D eigenvalue weighted by molar-refractivity contribution is 0.793. The molecule has 0 amide bonds. The highest BCUT2D eigenvalue weighted by molar-refractivity contribution is 8.05. The Morgan fingerprint density at radius 1 is 0.519 bits per heavy atom. The van der Waals surface area contributed by atoms with Gasteiger partial charge in [0, 0.05) is 53.7 Å². The van der Waals surface area contributed by atoms with Crippen LogP contribution in [-0.2, 0) is 6.67 Å². The summed E-state index contributed by atoms with van der Waals surface area (Å²) < 4.78 is 4.89. The van der Waals surface area contributed by atoms with Crippen molar-refractivity contribution in [2.45, 2.75) is 11.6 Å². The second-order valence-electron chi connectivity index (χ2n) is 14.2. The van der Waals surface area contributed by atoms with Gasteiger partial charge in [0.25, 0.3) is 0 Å². The Hall–Kier alpha value is -6.69. The van der Waals surface area contributed by atoms with Crippen molar-refractivity contribution >= 4 is 111 Å². The minimum atomic E-state index is 0.456. The highest BCUT2D eigenvalue weighted by Gasteiger charge is 2.28. The topological polar surface area (TPSA) is 34.1 Å². The molecule has 0 bridgehead atoms. The molecule has 4 nitrogen and oxygen atoms in total. The van der Waals surface area contributed by atoms with E-state index in [1.165, 1.54) is 86.3 Å². The molecular formula is C49H30N4S. The van der Waals surface area contributed by atoms with E-state index in [0.29, 0.717) is 6.67 Å². The summed E-state index contributed by atoms with van der Waals surface area (Å²) in [5.41, 5.74) is 10.1. The van der Waals surface area contributed by atoms with Gasteiger partial charge in [-0.05, 0) is 59.3 Å². The smallest absolute Gasteiger partial charge is 0.115 e. The molecule has 1 aliphatic heterocycles. The summed E-state index contributed by atoms with van der Waals surface area (Å²) in [4.78, 5) is 12.4. The summed E-state index contributed by atoms with van der Waals surface area (Å²) >= 11 is 1.73. The molecular weight excluding hydrogens is 677 g/mol. The molecule has 0 saturated carbocycles. The van der Waals surface area contributed by atoms with Crippen LogP contribution >= 0.6 is 11.8 Å². The fourth-order valence-electron chi connectivity index (χ4n) is 9.05. The second-order valence-corrected chi connectivity index (χ2v) is 15.2. The first-order valence-electron chi connectivity index (χ1n) is 18.3. The first-order chi connectivity index (χ1) is 26.7. The van der Waals surface area contributed by atoms with Gasteiger partial charge >= 0.3 is 0 Å². The molecule has 3 aromatic heterocycles. The van der Waals surface area contributed by atoms with Gasteiger partial charge in [-0.15, -0.1) is 0 Å². The minimum absolute atomic E-state index is 0.456. The lowest BCUT2D eigenvalue weighted by atomic mass is 10.0. The summed E-state index contributed by atoms with van der Waals surface area (Å²) in [7, 11) is 0. The molecule has 54 heavy (non-hydrogen) atoms. The third kappa shape index (κ3) is 4.04. The predicted octanol–water partition coefficient (Wildman–Crippen LogP) is 12.9. The van der Waals surface area contributed by atoms with E-state index in [9.17, 15) is 0 Å². The Bertz CT molecular complexity index is 3470. The minimum Gasteiger partial charge on any atom is -0.320 e. The van der Waals surface area contributed by atoms with E-state index in [1.54, 1.807) is 11.8 Å². The number of benzene rings is 8. The summed E-state index contributed by atoms with van der Waals surface area (Å²) in [6.45, 7) is 4.52. The molecule has 0 fully saturated rings. The molecule has 0 N–H and O–H groups in total. The van der Waals surface area contributed by atoms with Gasteiger partial charge in [0.05, 0.1) is 43.9 Å². The maximum Gasteiger partial charge on any atom is 0.115 e. The third-order valence-corrected chi connectivity index (χ3v) is 12.6. The van der Waals surface area contributed by atoms with Gasteiger partial charge in [0.2, 0.25) is 0 Å². The Labute approximate surface area is 314 Å². The number of nitrogens with zero attached hydrogens (tertiary/aromatic N) is 4. The predicted molar refractivity (Wildman–Crippen MR) is 231 cm³/mol. The van der Waals surface area contributed by atoms with E-state index in [0.717, 1.165) is 27.4 Å². The van der Waals surface area contributed by atoms with Gasteiger partial charge in [-0.1, -0.05) is 133 Å². The van der Waals surface area contributed by atoms with Gasteiger partial charge < -0.3 is 8.97 Å². The Balaban J connectivity index is 1.11. The highest BCUT2D eigenvalue weighted by Crippen LogP contribution is 2.46. The van der Waals surface area contributed by atoms with Crippen molar-refractivity contribution in [1.82, 2.24) is 8.97 Å². The zero-order valence-electron chi connectivity index (χ0n) is 29.1. The molecule has 0 atom stereocenters. The van der Waals surface area contributed by atoms with Crippen LogP contribution in [0.2, 0.25) is 0 Å². The van der Waals surface area contributed by atoms with Crippen LogP contribution in [0.3, 0.4) is 0 Å². The van der Waals surface area contributed by atoms with Crippen molar-refractivity contribution in [2.24, 2.45) is 9.98 Å². The first-order valence-corrected chi connectivity index (χ1v) is 19.1. The standard InChI is InChI=1S/C49H30N4S/c1-50-45(32-22-21-29-11-2-3-12-30(29)25-32)49-46(38-15-6-9-20-44(38)54-49)51-28-52-41-18-7-4-14-34(41)40-26-31-23-24-37-36-17-10-16-35-33-13-5-8-19-42(33)53(47(35)36)48(37)39(31)27-43(40)52/h2-27H,1,28H2/b49-45+,51-46-. The molecule has 0 saturated heterocycles. The van der Waals surface area contributed by atoms with Gasteiger partial charge in [0.1, 0.15) is 6.67 Å². The fraction of sp³-hybridized carbons (Fsp3) is 0.0204. The summed E-state index contributed by atoms with van der Waals surface area (Å²) in [5.74, 6) is 0. The van der Waals surface area contributed by atoms with E-state index in [-0.39, 0.29) is 0 Å². The molecule has 0 radical (unpaired) electrons. The Morgan fingerprint density at radius 2 is 1.19 bits per heavy atom. The van der Waals surface area contributed by atoms with E-state index in [4.69, 9.17) is 4.99 Å². The monoisotopic (exact) mass is 706 g/mol. The van der Waals surface area contributed by atoms with Crippen molar-refractivity contribution in [3.8, 4) is 0 Å². The molecule has 8 aromatic carbocycles. The van der Waals surface area contributed by atoms with E-state index >= 15 is 0 Å². The summed E-state index contributed by atoms with van der Waals surface area (Å²) in [6, 6.07) is 57.2. The first kappa shape index (κ1) is 29.8. The van der Waals surface area contributed by atoms with Crippen LogP contribution in [-0.4, -0.2) is 21.4 Å². The van der Waals surface area contributed by atoms with E-state index in [2.05, 4.69) is 178 Å². The van der Waals surface area contributed by atoms with E-state index < -0.39 is 0 Å². The van der Waals surface area contributed by atoms with Crippen LogP contribution < -0.4 is 0 Å². The molecule has 0 spiro atoms. The van der Waals surface area contributed by atoms with Crippen LogP contribution in [0.1, 0.15) is 11.1 Å². The molecule has 4 heterocycles. The van der Waals surface area contributed by atoms with Gasteiger partial charge in [-0.25, -0.2) is 0 Å². The fourth-order valence-corrected chi connectivity index (χ4v) is 10.2. The average Bonchev–Trinajstić information content (AvgIpc) is 3.95. The van der Waals surface area contributed by atoms with Crippen molar-refractivity contribution in [3.63, 3.8) is 0 Å². The molecule has 12 rings (SSSR count). The van der Waals surface area contributed by atoms with Crippen LogP contribution in [0.4, 0.5) is 0 Å². The number of aromatic nitrogens is 2. The highest BCUT2D eigenvalue weighted by atomic mass is 32.2. The lowest BCUT2D eigenvalue weighted by Crippen LogP contribution is -2.04. The SMILES string of the molecule is C=N/C(=C1/Sc2ccccc2/C1=N/Cn1c2ccccc2c2cc3ccc4c5cccc6c7ccccc7n(c4c3cc21)c65)c1ccc2ccccc2c1. The molecule has 11 aromatic rings. The molecule has 5 heteroatoms. The van der Waals surface area contributed by atoms with Crippen LogP contribution in [0.5, 0.6) is 0 Å². The Kier molecular flexibility index (Phi) is 6.17. The molecule has 1 aliphatic rings. The molecule has 0 aliphatic carbocycles. The maximum atomic E-state index is 5.50. The number of allylic oxidation sites excluding steroid dienone is 1. The van der Waals surface area contributed by atoms with Gasteiger partial charge in [-0.2, -0.15) is 0 Å². The number of hydrogen-bond donors (Lipinski definition) is 0. The summed E-state index contributed by atoms with van der Waals surface area (Å²) in [5, 5.41) is 12.5. The second kappa shape index (κ2) is 11.2. The van der Waals surface area contributed by atoms with Crippen LogP contribution in [0.25, 0.3) is 87.1 Å². The van der Waals surface area contributed by atoms with Gasteiger partial charge in [0.15, 0.2) is 0 Å². The number of aliphatic imine (C=N–C) groups is 2. The maximum absolute atomic E-state index is 5.50.